The summed E-state index contributed by atoms with van der Waals surface area (Å²) in [6.07, 6.45) is 5.62. The fourth-order valence-corrected chi connectivity index (χ4v) is 4.63. The van der Waals surface area contributed by atoms with E-state index in [1.165, 1.54) is 17.7 Å². The molecule has 0 bridgehead atoms. The lowest BCUT2D eigenvalue weighted by Crippen LogP contribution is -2.36. The van der Waals surface area contributed by atoms with Crippen LogP contribution in [-0.2, 0) is 17.6 Å². The van der Waals surface area contributed by atoms with Gasteiger partial charge in [0.15, 0.2) is 5.78 Å². The average molecular weight is 485 g/mol. The van der Waals surface area contributed by atoms with Crippen molar-refractivity contribution in [3.05, 3.63) is 102 Å². The Balaban J connectivity index is 1.30. The molecule has 0 spiro atoms. The van der Waals surface area contributed by atoms with Gasteiger partial charge in [-0.1, -0.05) is 36.4 Å². The lowest BCUT2D eigenvalue weighted by Gasteiger charge is -2.29. The van der Waals surface area contributed by atoms with E-state index in [1.54, 1.807) is 12.3 Å². The Morgan fingerprint density at radius 3 is 2.64 bits per heavy atom. The van der Waals surface area contributed by atoms with Crippen LogP contribution < -0.4 is 9.64 Å². The first-order valence-electron chi connectivity index (χ1n) is 12.4. The third-order valence-corrected chi connectivity index (χ3v) is 6.50. The van der Waals surface area contributed by atoms with Gasteiger partial charge in [-0.05, 0) is 59.7 Å². The first kappa shape index (κ1) is 23.9. The third-order valence-electron chi connectivity index (χ3n) is 6.50. The number of aromatic nitrogens is 1. The lowest BCUT2D eigenvalue weighted by molar-refractivity contribution is 0.0993. The van der Waals surface area contributed by atoms with E-state index >= 15 is 0 Å². The number of hydrogen-bond acceptors (Lipinski definition) is 5. The lowest BCUT2D eigenvalue weighted by atomic mass is 9.96. The van der Waals surface area contributed by atoms with Gasteiger partial charge in [0.05, 0.1) is 19.8 Å². The van der Waals surface area contributed by atoms with Crippen molar-refractivity contribution in [3.8, 4) is 5.75 Å². The van der Waals surface area contributed by atoms with Gasteiger partial charge in [-0.25, -0.2) is 4.39 Å². The standard InChI is InChI=1S/C30H29FN2O3/c31-25-17-24(18-26(20-25)33-12-15-35-16-13-33)29(34)19-23-9-10-30(28-8-2-1-7-27(23)28)36-14-4-6-22-5-3-11-32-21-22/h1-3,5,7-11,17-18,20-21H,4,6,12-16,19H2. The molecule has 6 heteroatoms. The third kappa shape index (κ3) is 5.71. The zero-order valence-corrected chi connectivity index (χ0v) is 20.2. The molecule has 36 heavy (non-hydrogen) atoms. The molecule has 0 atom stereocenters. The zero-order chi connectivity index (χ0) is 24.7. The Hall–Kier alpha value is -3.77. The van der Waals surface area contributed by atoms with Gasteiger partial charge in [-0.15, -0.1) is 0 Å². The number of anilines is 1. The number of aryl methyl sites for hydroxylation is 1. The van der Waals surface area contributed by atoms with Crippen molar-refractivity contribution in [3.63, 3.8) is 0 Å². The second-order valence-electron chi connectivity index (χ2n) is 8.98. The molecule has 0 N–H and O–H groups in total. The van der Waals surface area contributed by atoms with Gasteiger partial charge in [0.25, 0.3) is 0 Å². The summed E-state index contributed by atoms with van der Waals surface area (Å²) in [5.74, 6) is 0.287. The summed E-state index contributed by atoms with van der Waals surface area (Å²) in [5, 5.41) is 1.94. The number of rotatable bonds is 9. The molecule has 5 rings (SSSR count). The van der Waals surface area contributed by atoms with Crippen LogP contribution in [0.4, 0.5) is 10.1 Å². The minimum Gasteiger partial charge on any atom is -0.493 e. The molecule has 184 valence electrons. The van der Waals surface area contributed by atoms with Gasteiger partial charge < -0.3 is 14.4 Å². The van der Waals surface area contributed by atoms with Crippen LogP contribution in [0, 0.1) is 5.82 Å². The fraction of sp³-hybridized carbons (Fsp3) is 0.267. The summed E-state index contributed by atoms with van der Waals surface area (Å²) >= 11 is 0. The van der Waals surface area contributed by atoms with Gasteiger partial charge in [-0.3, -0.25) is 9.78 Å². The van der Waals surface area contributed by atoms with Crippen molar-refractivity contribution < 1.29 is 18.7 Å². The SMILES string of the molecule is O=C(Cc1ccc(OCCCc2cccnc2)c2ccccc12)c1cc(F)cc(N2CCOCC2)c1. The van der Waals surface area contributed by atoms with Crippen molar-refractivity contribution >= 4 is 22.2 Å². The number of pyridine rings is 1. The predicted molar refractivity (Wildman–Crippen MR) is 139 cm³/mol. The van der Waals surface area contributed by atoms with E-state index in [0.717, 1.165) is 40.6 Å². The molecule has 4 aromatic rings. The van der Waals surface area contributed by atoms with Crippen LogP contribution >= 0.6 is 0 Å². The smallest absolute Gasteiger partial charge is 0.167 e. The van der Waals surface area contributed by atoms with Gasteiger partial charge in [0, 0.05) is 48.5 Å². The molecule has 0 aliphatic carbocycles. The van der Waals surface area contributed by atoms with Crippen LogP contribution in [0.25, 0.3) is 10.8 Å². The maximum absolute atomic E-state index is 14.4. The normalized spacial score (nSPS) is 13.6. The molecule has 0 radical (unpaired) electrons. The van der Waals surface area contributed by atoms with Crippen molar-refractivity contribution in [2.24, 2.45) is 0 Å². The Morgan fingerprint density at radius 1 is 1.00 bits per heavy atom. The topological polar surface area (TPSA) is 51.7 Å². The number of hydrogen-bond donors (Lipinski definition) is 0. The van der Waals surface area contributed by atoms with Crippen molar-refractivity contribution in [2.75, 3.05) is 37.8 Å². The predicted octanol–water partition coefficient (Wildman–Crippen LogP) is 5.65. The summed E-state index contributed by atoms with van der Waals surface area (Å²) in [4.78, 5) is 19.4. The van der Waals surface area contributed by atoms with Gasteiger partial charge in [0.1, 0.15) is 11.6 Å². The molecular formula is C30H29FN2O3. The Kier molecular flexibility index (Phi) is 7.52. The largest absolute Gasteiger partial charge is 0.493 e. The Labute approximate surface area is 210 Å². The van der Waals surface area contributed by atoms with E-state index in [0.29, 0.717) is 38.5 Å². The van der Waals surface area contributed by atoms with Crippen LogP contribution in [-0.4, -0.2) is 43.7 Å². The number of ketones is 1. The first-order chi connectivity index (χ1) is 17.7. The highest BCUT2D eigenvalue weighted by Crippen LogP contribution is 2.30. The maximum Gasteiger partial charge on any atom is 0.167 e. The number of Topliss-reactive ketones (excluding diaryl/α,β-unsaturated/α-hetero) is 1. The fourth-order valence-electron chi connectivity index (χ4n) is 4.63. The number of ether oxygens (including phenoxy) is 2. The molecule has 1 aliphatic rings. The highest BCUT2D eigenvalue weighted by atomic mass is 19.1. The molecule has 2 heterocycles. The van der Waals surface area contributed by atoms with Gasteiger partial charge in [-0.2, -0.15) is 0 Å². The van der Waals surface area contributed by atoms with Crippen LogP contribution in [0.1, 0.15) is 27.9 Å². The van der Waals surface area contributed by atoms with Crippen LogP contribution in [0.5, 0.6) is 5.75 Å². The monoisotopic (exact) mass is 484 g/mol. The van der Waals surface area contributed by atoms with Crippen molar-refractivity contribution in [1.29, 1.82) is 0 Å². The van der Waals surface area contributed by atoms with E-state index in [1.807, 2.05) is 48.7 Å². The quantitative estimate of drug-likeness (QED) is 0.227. The highest BCUT2D eigenvalue weighted by molar-refractivity contribution is 6.01. The van der Waals surface area contributed by atoms with E-state index in [-0.39, 0.29) is 12.2 Å². The Bertz CT molecular complexity index is 1340. The second-order valence-corrected chi connectivity index (χ2v) is 8.98. The van der Waals surface area contributed by atoms with E-state index in [9.17, 15) is 9.18 Å². The molecule has 1 saturated heterocycles. The van der Waals surface area contributed by atoms with Crippen LogP contribution in [0.15, 0.2) is 79.1 Å². The molecule has 0 unspecified atom stereocenters. The number of carbonyl (C=O) groups is 1. The summed E-state index contributed by atoms with van der Waals surface area (Å²) in [6, 6.07) is 20.4. The minimum absolute atomic E-state index is 0.112. The van der Waals surface area contributed by atoms with Crippen LogP contribution in [0.3, 0.4) is 0 Å². The van der Waals surface area contributed by atoms with Crippen molar-refractivity contribution in [1.82, 2.24) is 4.98 Å². The summed E-state index contributed by atoms with van der Waals surface area (Å²) in [5.41, 5.74) is 3.20. The van der Waals surface area contributed by atoms with E-state index in [2.05, 4.69) is 16.0 Å². The van der Waals surface area contributed by atoms with Crippen molar-refractivity contribution in [2.45, 2.75) is 19.3 Å². The first-order valence-corrected chi connectivity index (χ1v) is 12.4. The molecule has 1 aromatic heterocycles. The number of halogens is 1. The minimum atomic E-state index is -0.401. The Morgan fingerprint density at radius 2 is 1.83 bits per heavy atom. The summed E-state index contributed by atoms with van der Waals surface area (Å²) in [7, 11) is 0. The molecule has 3 aromatic carbocycles. The van der Waals surface area contributed by atoms with E-state index < -0.39 is 5.82 Å². The average Bonchev–Trinajstić information content (AvgIpc) is 2.92. The maximum atomic E-state index is 14.4. The number of benzene rings is 3. The number of nitrogens with zero attached hydrogens (tertiary/aromatic N) is 2. The molecule has 1 aliphatic heterocycles. The molecule has 5 nitrogen and oxygen atoms in total. The molecule has 1 fully saturated rings. The van der Waals surface area contributed by atoms with Gasteiger partial charge >= 0.3 is 0 Å². The molecule has 0 amide bonds. The highest BCUT2D eigenvalue weighted by Gasteiger charge is 2.17. The summed E-state index contributed by atoms with van der Waals surface area (Å²) < 4.78 is 25.9. The summed E-state index contributed by atoms with van der Waals surface area (Å²) in [6.45, 7) is 3.16. The zero-order valence-electron chi connectivity index (χ0n) is 20.2. The number of carbonyl (C=O) groups excluding carboxylic acids is 1. The molecular weight excluding hydrogens is 455 g/mol. The number of fused-ring (bicyclic) bond motifs is 1. The second kappa shape index (κ2) is 11.3. The number of morpholine rings is 1. The van der Waals surface area contributed by atoms with Gasteiger partial charge in [0.2, 0.25) is 0 Å². The van der Waals surface area contributed by atoms with E-state index in [4.69, 9.17) is 9.47 Å². The molecule has 0 saturated carbocycles. The van der Waals surface area contributed by atoms with Crippen LogP contribution in [0.2, 0.25) is 0 Å².